The van der Waals surface area contributed by atoms with E-state index in [1.54, 1.807) is 12.1 Å². The molecule has 0 bridgehead atoms. The number of nitrogens with zero attached hydrogens (tertiary/aromatic N) is 3. The third-order valence-electron chi connectivity index (χ3n) is 2.44. The highest BCUT2D eigenvalue weighted by molar-refractivity contribution is 6.30. The number of hydrogen-bond donors (Lipinski definition) is 0. The Labute approximate surface area is 119 Å². The van der Waals surface area contributed by atoms with Crippen LogP contribution in [0.25, 0.3) is 0 Å². The van der Waals surface area contributed by atoms with Crippen LogP contribution in [0.15, 0.2) is 36.5 Å². The number of aromatic nitrogens is 1. The van der Waals surface area contributed by atoms with Gasteiger partial charge in [0.25, 0.3) is 0 Å². The molecule has 0 aliphatic heterocycles. The number of benzene rings is 1. The number of nitro groups is 1. The van der Waals surface area contributed by atoms with Crippen molar-refractivity contribution in [2.24, 2.45) is 0 Å². The average Bonchev–Trinajstić information content (AvgIpc) is 2.45. The Balaban J connectivity index is 2.21. The number of rotatable bonds is 4. The fourth-order valence-corrected chi connectivity index (χ4v) is 1.71. The van der Waals surface area contributed by atoms with Gasteiger partial charge in [-0.3, -0.25) is 15.1 Å². The first-order valence-electron chi connectivity index (χ1n) is 5.52. The van der Waals surface area contributed by atoms with Gasteiger partial charge in [0.2, 0.25) is 0 Å². The van der Waals surface area contributed by atoms with E-state index < -0.39 is 4.92 Å². The summed E-state index contributed by atoms with van der Waals surface area (Å²) < 4.78 is 5.37. The summed E-state index contributed by atoms with van der Waals surface area (Å²) >= 11 is 5.81. The summed E-state index contributed by atoms with van der Waals surface area (Å²) in [5.74, 6) is 0.0794. The molecular formula is C13H8ClN3O3. The van der Waals surface area contributed by atoms with E-state index in [9.17, 15) is 10.1 Å². The molecule has 6 nitrogen and oxygen atoms in total. The van der Waals surface area contributed by atoms with Crippen LogP contribution in [0.4, 0.5) is 5.69 Å². The Kier molecular flexibility index (Phi) is 4.13. The van der Waals surface area contributed by atoms with Gasteiger partial charge >= 0.3 is 5.69 Å². The minimum absolute atomic E-state index is 0.0489. The van der Waals surface area contributed by atoms with Gasteiger partial charge in [-0.2, -0.15) is 5.26 Å². The zero-order chi connectivity index (χ0) is 14.5. The molecule has 1 aromatic carbocycles. The van der Waals surface area contributed by atoms with E-state index in [1.165, 1.54) is 24.4 Å². The summed E-state index contributed by atoms with van der Waals surface area (Å²) in [4.78, 5) is 14.4. The third kappa shape index (κ3) is 3.22. The fourth-order valence-electron chi connectivity index (χ4n) is 1.53. The van der Waals surface area contributed by atoms with Gasteiger partial charge in [-0.25, -0.2) is 0 Å². The minimum Gasteiger partial charge on any atom is -0.480 e. The van der Waals surface area contributed by atoms with Crippen molar-refractivity contribution in [1.82, 2.24) is 4.98 Å². The average molecular weight is 290 g/mol. The number of hydrogen-bond acceptors (Lipinski definition) is 5. The van der Waals surface area contributed by atoms with Crippen LogP contribution in [0, 0.1) is 21.4 Å². The van der Waals surface area contributed by atoms with Crippen LogP contribution in [0.2, 0.25) is 5.02 Å². The van der Waals surface area contributed by atoms with Crippen molar-refractivity contribution in [3.05, 3.63) is 62.9 Å². The summed E-state index contributed by atoms with van der Waals surface area (Å²) in [6.07, 6.45) is 1.52. The standard InChI is InChI=1S/C13H8ClN3O3/c14-10-3-4-16-11(6-10)8-20-13-2-1-9(7-15)5-12(13)17(18)19/h1-6H,8H2. The Morgan fingerprint density at radius 2 is 2.20 bits per heavy atom. The lowest BCUT2D eigenvalue weighted by Crippen LogP contribution is -2.01. The molecule has 2 aromatic rings. The molecule has 2 rings (SSSR count). The molecule has 0 radical (unpaired) electrons. The molecule has 1 heterocycles. The molecule has 0 atom stereocenters. The molecule has 1 aromatic heterocycles. The third-order valence-corrected chi connectivity index (χ3v) is 2.67. The van der Waals surface area contributed by atoms with Crippen molar-refractivity contribution in [2.45, 2.75) is 6.61 Å². The lowest BCUT2D eigenvalue weighted by Gasteiger charge is -2.06. The molecular weight excluding hydrogens is 282 g/mol. The van der Waals surface area contributed by atoms with E-state index in [0.29, 0.717) is 10.7 Å². The predicted molar refractivity (Wildman–Crippen MR) is 71.4 cm³/mol. The summed E-state index contributed by atoms with van der Waals surface area (Å²) in [7, 11) is 0. The summed E-state index contributed by atoms with van der Waals surface area (Å²) in [5.41, 5.74) is 0.493. The maximum absolute atomic E-state index is 10.9. The number of nitro benzene ring substituents is 1. The Bertz CT molecular complexity index is 698. The lowest BCUT2D eigenvalue weighted by atomic mass is 10.2. The lowest BCUT2D eigenvalue weighted by molar-refractivity contribution is -0.386. The van der Waals surface area contributed by atoms with Crippen LogP contribution < -0.4 is 4.74 Å². The highest BCUT2D eigenvalue weighted by atomic mass is 35.5. The molecule has 0 spiro atoms. The van der Waals surface area contributed by atoms with Crippen LogP contribution in [-0.4, -0.2) is 9.91 Å². The second-order valence-electron chi connectivity index (χ2n) is 3.81. The topological polar surface area (TPSA) is 89.0 Å². The van der Waals surface area contributed by atoms with Crippen molar-refractivity contribution in [1.29, 1.82) is 5.26 Å². The van der Waals surface area contributed by atoms with Crippen molar-refractivity contribution in [3.63, 3.8) is 0 Å². The number of halogens is 1. The van der Waals surface area contributed by atoms with Crippen molar-refractivity contribution < 1.29 is 9.66 Å². The first kappa shape index (κ1) is 13.8. The van der Waals surface area contributed by atoms with Crippen LogP contribution in [-0.2, 0) is 6.61 Å². The second kappa shape index (κ2) is 5.99. The van der Waals surface area contributed by atoms with E-state index in [0.717, 1.165) is 0 Å². The molecule has 0 saturated carbocycles. The maximum Gasteiger partial charge on any atom is 0.312 e. The monoisotopic (exact) mass is 289 g/mol. The highest BCUT2D eigenvalue weighted by Crippen LogP contribution is 2.28. The van der Waals surface area contributed by atoms with Gasteiger partial charge in [-0.05, 0) is 24.3 Å². The van der Waals surface area contributed by atoms with E-state index >= 15 is 0 Å². The first-order valence-corrected chi connectivity index (χ1v) is 5.89. The van der Waals surface area contributed by atoms with Gasteiger partial charge in [0.15, 0.2) is 5.75 Å². The molecule has 0 saturated heterocycles. The zero-order valence-electron chi connectivity index (χ0n) is 10.1. The molecule has 0 unspecified atom stereocenters. The highest BCUT2D eigenvalue weighted by Gasteiger charge is 2.16. The number of pyridine rings is 1. The first-order chi connectivity index (χ1) is 9.60. The Morgan fingerprint density at radius 3 is 2.85 bits per heavy atom. The quantitative estimate of drug-likeness (QED) is 0.637. The fraction of sp³-hybridized carbons (Fsp3) is 0.0769. The molecule has 0 amide bonds. The minimum atomic E-state index is -0.596. The normalized spacial score (nSPS) is 9.80. The van der Waals surface area contributed by atoms with Crippen molar-refractivity contribution >= 4 is 17.3 Å². The van der Waals surface area contributed by atoms with Gasteiger partial charge in [-0.1, -0.05) is 11.6 Å². The van der Waals surface area contributed by atoms with E-state index in [4.69, 9.17) is 21.6 Å². The molecule has 0 aliphatic carbocycles. The second-order valence-corrected chi connectivity index (χ2v) is 4.24. The van der Waals surface area contributed by atoms with Crippen molar-refractivity contribution in [3.8, 4) is 11.8 Å². The number of ether oxygens (including phenoxy) is 1. The summed E-state index contributed by atoms with van der Waals surface area (Å²) in [5, 5.41) is 20.2. The molecule has 0 aliphatic rings. The zero-order valence-corrected chi connectivity index (χ0v) is 10.9. The van der Waals surface area contributed by atoms with Gasteiger partial charge in [0.05, 0.1) is 22.2 Å². The van der Waals surface area contributed by atoms with Gasteiger partial charge in [0, 0.05) is 17.3 Å². The van der Waals surface area contributed by atoms with E-state index in [-0.39, 0.29) is 23.6 Å². The van der Waals surface area contributed by atoms with Crippen molar-refractivity contribution in [2.75, 3.05) is 0 Å². The van der Waals surface area contributed by atoms with Gasteiger partial charge in [-0.15, -0.1) is 0 Å². The van der Waals surface area contributed by atoms with Gasteiger partial charge in [0.1, 0.15) is 6.61 Å². The largest absolute Gasteiger partial charge is 0.480 e. The Morgan fingerprint density at radius 1 is 1.40 bits per heavy atom. The van der Waals surface area contributed by atoms with Crippen LogP contribution in [0.3, 0.4) is 0 Å². The maximum atomic E-state index is 10.9. The molecule has 0 fully saturated rings. The van der Waals surface area contributed by atoms with Crippen LogP contribution >= 0.6 is 11.6 Å². The summed E-state index contributed by atoms with van der Waals surface area (Å²) in [6.45, 7) is 0.0489. The van der Waals surface area contributed by atoms with Gasteiger partial charge < -0.3 is 4.74 Å². The van der Waals surface area contributed by atoms with Crippen LogP contribution in [0.5, 0.6) is 5.75 Å². The van der Waals surface area contributed by atoms with E-state index in [1.807, 2.05) is 6.07 Å². The smallest absolute Gasteiger partial charge is 0.312 e. The molecule has 20 heavy (non-hydrogen) atoms. The molecule has 7 heteroatoms. The number of nitriles is 1. The predicted octanol–water partition coefficient (Wildman–Crippen LogP) is 3.09. The molecule has 100 valence electrons. The SMILES string of the molecule is N#Cc1ccc(OCc2cc(Cl)ccn2)c([N+](=O)[O-])c1. The van der Waals surface area contributed by atoms with Crippen LogP contribution in [0.1, 0.15) is 11.3 Å². The molecule has 0 N–H and O–H groups in total. The summed E-state index contributed by atoms with van der Waals surface area (Å²) in [6, 6.07) is 9.08. The Hall–Kier alpha value is -2.65. The van der Waals surface area contributed by atoms with E-state index in [2.05, 4.69) is 4.98 Å².